The average molecular weight is 367 g/mol. The molecule has 0 unspecified atom stereocenters. The molecule has 3 rings (SSSR count). The molecule has 0 aliphatic carbocycles. The number of carbonyl (C=O) groups is 1. The van der Waals surface area contributed by atoms with Crippen molar-refractivity contribution in [3.8, 4) is 0 Å². The van der Waals surface area contributed by atoms with Gasteiger partial charge in [0, 0.05) is 17.9 Å². The maximum Gasteiger partial charge on any atom is 0.284 e. The molecule has 0 bridgehead atoms. The van der Waals surface area contributed by atoms with E-state index in [1.165, 1.54) is 21.7 Å². The van der Waals surface area contributed by atoms with Crippen LogP contribution in [0.3, 0.4) is 0 Å². The molecular formula is C23H32N3O+. The van der Waals surface area contributed by atoms with Crippen molar-refractivity contribution in [2.24, 2.45) is 0 Å². The summed E-state index contributed by atoms with van der Waals surface area (Å²) in [4.78, 5) is 18.9. The standard InChI is InChI=1S/C23H31N3O/c1-5-26(21-11-7-6-8-12-21)23(27)20(4)24-14-16-25(17-15-24)22-13-9-10-18(2)19(22)3/h6-13,20H,5,14-17H2,1-4H3/p+1/t20-/m1/s1. The van der Waals surface area contributed by atoms with E-state index in [9.17, 15) is 4.79 Å². The van der Waals surface area contributed by atoms with Crippen molar-refractivity contribution in [3.63, 3.8) is 0 Å². The number of benzene rings is 2. The van der Waals surface area contributed by atoms with E-state index in [-0.39, 0.29) is 11.9 Å². The summed E-state index contributed by atoms with van der Waals surface area (Å²) in [5.41, 5.74) is 5.04. The van der Waals surface area contributed by atoms with Gasteiger partial charge in [-0.3, -0.25) is 4.79 Å². The normalized spacial score (nSPS) is 16.2. The van der Waals surface area contributed by atoms with Gasteiger partial charge in [0.15, 0.2) is 6.04 Å². The molecule has 2 aromatic carbocycles. The van der Waals surface area contributed by atoms with Crippen LogP contribution in [0.15, 0.2) is 48.5 Å². The fourth-order valence-corrected chi connectivity index (χ4v) is 4.03. The van der Waals surface area contributed by atoms with Crippen LogP contribution in [0.1, 0.15) is 25.0 Å². The summed E-state index contributed by atoms with van der Waals surface area (Å²) in [7, 11) is 0. The molecule has 1 heterocycles. The van der Waals surface area contributed by atoms with Gasteiger partial charge in [0.05, 0.1) is 26.2 Å². The highest BCUT2D eigenvalue weighted by Crippen LogP contribution is 2.22. The Bertz CT molecular complexity index is 766. The number of nitrogens with one attached hydrogen (secondary N) is 1. The number of aryl methyl sites for hydroxylation is 1. The molecule has 1 aliphatic heterocycles. The van der Waals surface area contributed by atoms with Gasteiger partial charge in [-0.05, 0) is 57.0 Å². The van der Waals surface area contributed by atoms with E-state index in [4.69, 9.17) is 0 Å². The quantitative estimate of drug-likeness (QED) is 0.880. The Hall–Kier alpha value is -2.33. The van der Waals surface area contributed by atoms with Gasteiger partial charge >= 0.3 is 0 Å². The molecule has 1 aliphatic rings. The second-order valence-electron chi connectivity index (χ2n) is 7.50. The SMILES string of the molecule is CCN(C(=O)[C@@H](C)[NH+]1CCN(c2cccc(C)c2C)CC1)c1ccccc1. The van der Waals surface area contributed by atoms with Crippen molar-refractivity contribution in [2.75, 3.05) is 42.5 Å². The lowest BCUT2D eigenvalue weighted by molar-refractivity contribution is -0.914. The van der Waals surface area contributed by atoms with Gasteiger partial charge in [-0.25, -0.2) is 0 Å². The van der Waals surface area contributed by atoms with Crippen molar-refractivity contribution in [1.29, 1.82) is 0 Å². The first-order chi connectivity index (χ1) is 13.0. The van der Waals surface area contributed by atoms with Gasteiger partial charge in [0.25, 0.3) is 5.91 Å². The Balaban J connectivity index is 1.65. The summed E-state index contributed by atoms with van der Waals surface area (Å²) in [5, 5.41) is 0. The third-order valence-corrected chi connectivity index (χ3v) is 5.96. The molecule has 0 saturated carbocycles. The predicted molar refractivity (Wildman–Crippen MR) is 113 cm³/mol. The molecule has 0 aromatic heterocycles. The molecule has 144 valence electrons. The van der Waals surface area contributed by atoms with Crippen molar-refractivity contribution >= 4 is 17.3 Å². The molecular weight excluding hydrogens is 334 g/mol. The van der Waals surface area contributed by atoms with Crippen LogP contribution in [0.5, 0.6) is 0 Å². The topological polar surface area (TPSA) is 28.0 Å². The summed E-state index contributed by atoms with van der Waals surface area (Å²) in [6.07, 6.45) is 0. The van der Waals surface area contributed by atoms with Crippen LogP contribution in [0.4, 0.5) is 11.4 Å². The number of quaternary nitrogens is 1. The molecule has 0 radical (unpaired) electrons. The lowest BCUT2D eigenvalue weighted by atomic mass is 10.1. The number of nitrogens with zero attached hydrogens (tertiary/aromatic N) is 2. The maximum atomic E-state index is 13.1. The molecule has 1 atom stereocenters. The minimum absolute atomic E-state index is 0.0223. The number of likely N-dealkylation sites (N-methyl/N-ethyl adjacent to an activating group) is 1. The van der Waals surface area contributed by atoms with Gasteiger partial charge in [-0.2, -0.15) is 0 Å². The monoisotopic (exact) mass is 366 g/mol. The van der Waals surface area contributed by atoms with Crippen molar-refractivity contribution in [3.05, 3.63) is 59.7 Å². The number of piperazine rings is 1. The Morgan fingerprint density at radius 3 is 2.37 bits per heavy atom. The number of anilines is 2. The lowest BCUT2D eigenvalue weighted by Gasteiger charge is -2.38. The van der Waals surface area contributed by atoms with Crippen LogP contribution < -0.4 is 14.7 Å². The van der Waals surface area contributed by atoms with E-state index in [0.717, 1.165) is 31.9 Å². The summed E-state index contributed by atoms with van der Waals surface area (Å²) in [6, 6.07) is 16.5. The highest BCUT2D eigenvalue weighted by Gasteiger charge is 2.32. The first kappa shape index (κ1) is 19.4. The molecule has 1 amide bonds. The molecule has 4 heteroatoms. The van der Waals surface area contributed by atoms with Gasteiger partial charge in [-0.15, -0.1) is 0 Å². The maximum absolute atomic E-state index is 13.1. The summed E-state index contributed by atoms with van der Waals surface area (Å²) >= 11 is 0. The largest absolute Gasteiger partial charge is 0.360 e. The molecule has 27 heavy (non-hydrogen) atoms. The molecule has 4 nitrogen and oxygen atoms in total. The summed E-state index contributed by atoms with van der Waals surface area (Å²) in [5.74, 6) is 0.221. The van der Waals surface area contributed by atoms with Gasteiger partial charge < -0.3 is 14.7 Å². The Kier molecular flexibility index (Phi) is 6.17. The minimum atomic E-state index is -0.0223. The summed E-state index contributed by atoms with van der Waals surface area (Å²) < 4.78 is 0. The van der Waals surface area contributed by atoms with Crippen LogP contribution in [-0.2, 0) is 4.79 Å². The van der Waals surface area contributed by atoms with Gasteiger partial charge in [0.1, 0.15) is 0 Å². The zero-order chi connectivity index (χ0) is 19.4. The van der Waals surface area contributed by atoms with Crippen LogP contribution in [0, 0.1) is 13.8 Å². The second-order valence-corrected chi connectivity index (χ2v) is 7.50. The Labute approximate surface area is 163 Å². The zero-order valence-corrected chi connectivity index (χ0v) is 17.0. The van der Waals surface area contributed by atoms with E-state index in [1.54, 1.807) is 0 Å². The first-order valence-electron chi connectivity index (χ1n) is 10.0. The fraction of sp³-hybridized carbons (Fsp3) is 0.435. The van der Waals surface area contributed by atoms with Crippen LogP contribution in [0.25, 0.3) is 0 Å². The molecule has 2 aromatic rings. The molecule has 1 saturated heterocycles. The van der Waals surface area contributed by atoms with E-state index in [0.29, 0.717) is 6.54 Å². The number of hydrogen-bond acceptors (Lipinski definition) is 2. The number of hydrogen-bond donors (Lipinski definition) is 1. The Morgan fingerprint density at radius 2 is 1.74 bits per heavy atom. The van der Waals surface area contributed by atoms with Crippen LogP contribution in [-0.4, -0.2) is 44.7 Å². The van der Waals surface area contributed by atoms with Crippen LogP contribution in [0.2, 0.25) is 0 Å². The summed E-state index contributed by atoms with van der Waals surface area (Å²) in [6.45, 7) is 13.2. The highest BCUT2D eigenvalue weighted by atomic mass is 16.2. The number of rotatable bonds is 5. The lowest BCUT2D eigenvalue weighted by Crippen LogP contribution is -3.19. The van der Waals surface area contributed by atoms with Gasteiger partial charge in [0.2, 0.25) is 0 Å². The predicted octanol–water partition coefficient (Wildman–Crippen LogP) is 2.45. The van der Waals surface area contributed by atoms with Crippen molar-refractivity contribution in [2.45, 2.75) is 33.7 Å². The minimum Gasteiger partial charge on any atom is -0.360 e. The van der Waals surface area contributed by atoms with E-state index >= 15 is 0 Å². The zero-order valence-electron chi connectivity index (χ0n) is 17.0. The van der Waals surface area contributed by atoms with Crippen molar-refractivity contribution in [1.82, 2.24) is 0 Å². The van der Waals surface area contributed by atoms with Crippen LogP contribution >= 0.6 is 0 Å². The second kappa shape index (κ2) is 8.57. The highest BCUT2D eigenvalue weighted by molar-refractivity contribution is 5.96. The fourth-order valence-electron chi connectivity index (χ4n) is 4.03. The van der Waals surface area contributed by atoms with Gasteiger partial charge in [-0.1, -0.05) is 30.3 Å². The first-order valence-corrected chi connectivity index (χ1v) is 10.0. The third-order valence-electron chi connectivity index (χ3n) is 5.96. The van der Waals surface area contributed by atoms with E-state index in [1.807, 2.05) is 42.2 Å². The average Bonchev–Trinajstić information content (AvgIpc) is 2.71. The third kappa shape index (κ3) is 4.16. The number of para-hydroxylation sites is 1. The molecule has 1 fully saturated rings. The molecule has 1 N–H and O–H groups in total. The van der Waals surface area contributed by atoms with E-state index < -0.39 is 0 Å². The van der Waals surface area contributed by atoms with E-state index in [2.05, 4.69) is 43.9 Å². The number of carbonyl (C=O) groups excluding carboxylic acids is 1. The molecule has 0 spiro atoms. The smallest absolute Gasteiger partial charge is 0.284 e. The number of amides is 1. The van der Waals surface area contributed by atoms with Crippen molar-refractivity contribution < 1.29 is 9.69 Å². The Morgan fingerprint density at radius 1 is 1.07 bits per heavy atom.